The third kappa shape index (κ3) is 7.05. The maximum absolute atomic E-state index is 11.6. The van der Waals surface area contributed by atoms with Gasteiger partial charge < -0.3 is 9.87 Å². The van der Waals surface area contributed by atoms with E-state index in [0.29, 0.717) is 0 Å². The molecule has 0 bridgehead atoms. The van der Waals surface area contributed by atoms with E-state index in [9.17, 15) is 17.8 Å². The van der Waals surface area contributed by atoms with Gasteiger partial charge in [-0.25, -0.2) is 8.42 Å². The van der Waals surface area contributed by atoms with Crippen LogP contribution in [-0.4, -0.2) is 31.2 Å². The van der Waals surface area contributed by atoms with Gasteiger partial charge in [0.25, 0.3) is 0 Å². The zero-order valence-electron chi connectivity index (χ0n) is 9.80. The summed E-state index contributed by atoms with van der Waals surface area (Å²) in [5.41, 5.74) is 0.829. The van der Waals surface area contributed by atoms with Crippen LogP contribution < -0.4 is 34.9 Å². The number of carbonyl (C=O) groups is 1. The van der Waals surface area contributed by atoms with E-state index in [1.165, 1.54) is 0 Å². The van der Waals surface area contributed by atoms with Crippen molar-refractivity contribution in [2.45, 2.75) is 3.92 Å². The fraction of sp³-hybridized carbons (Fsp3) is 0.300. The zero-order chi connectivity index (χ0) is 12.9. The molecule has 0 aliphatic heterocycles. The molecule has 0 aliphatic carbocycles. The van der Waals surface area contributed by atoms with Crippen LogP contribution in [0.3, 0.4) is 0 Å². The SMILES string of the molecule is O=C(NCCS(=O)(=O)[O-])C(I)c1ccccc1.[Na+]. The van der Waals surface area contributed by atoms with Gasteiger partial charge in [0.1, 0.15) is 3.92 Å². The molecule has 0 saturated carbocycles. The predicted molar refractivity (Wildman–Crippen MR) is 70.8 cm³/mol. The molecule has 18 heavy (non-hydrogen) atoms. The number of nitrogens with one attached hydrogen (secondary N) is 1. The first-order chi connectivity index (χ1) is 7.90. The third-order valence-electron chi connectivity index (χ3n) is 1.97. The molecule has 0 radical (unpaired) electrons. The number of hydrogen-bond acceptors (Lipinski definition) is 4. The summed E-state index contributed by atoms with van der Waals surface area (Å²) in [6.45, 7) is -0.156. The maximum Gasteiger partial charge on any atom is 1.00 e. The van der Waals surface area contributed by atoms with E-state index in [2.05, 4.69) is 5.32 Å². The Labute approximate surface area is 142 Å². The third-order valence-corrected chi connectivity index (χ3v) is 3.96. The van der Waals surface area contributed by atoms with E-state index in [0.717, 1.165) is 5.56 Å². The van der Waals surface area contributed by atoms with Crippen LogP contribution in [0.15, 0.2) is 30.3 Å². The molecule has 1 aromatic rings. The van der Waals surface area contributed by atoms with E-state index in [4.69, 9.17) is 0 Å². The number of halogens is 1. The van der Waals surface area contributed by atoms with Gasteiger partial charge >= 0.3 is 29.6 Å². The number of benzene rings is 1. The average Bonchev–Trinajstić information content (AvgIpc) is 2.27. The van der Waals surface area contributed by atoms with Gasteiger partial charge in [-0.1, -0.05) is 52.9 Å². The normalized spacial score (nSPS) is 12.3. The van der Waals surface area contributed by atoms with Gasteiger partial charge in [0.2, 0.25) is 5.91 Å². The molecule has 8 heteroatoms. The van der Waals surface area contributed by atoms with Crippen LogP contribution in [0.1, 0.15) is 9.49 Å². The molecule has 1 aromatic carbocycles. The van der Waals surface area contributed by atoms with Crippen molar-refractivity contribution in [2.24, 2.45) is 0 Å². The molecule has 1 unspecified atom stereocenters. The van der Waals surface area contributed by atoms with Crippen molar-refractivity contribution < 1.29 is 47.3 Å². The molecule has 0 saturated heterocycles. The smallest absolute Gasteiger partial charge is 0.748 e. The average molecular weight is 391 g/mol. The minimum absolute atomic E-state index is 0. The van der Waals surface area contributed by atoms with Crippen molar-refractivity contribution in [1.29, 1.82) is 0 Å². The Morgan fingerprint density at radius 1 is 1.33 bits per heavy atom. The summed E-state index contributed by atoms with van der Waals surface area (Å²) in [5, 5.41) is 2.41. The minimum Gasteiger partial charge on any atom is -0.748 e. The summed E-state index contributed by atoms with van der Waals surface area (Å²) < 4.78 is 30.6. The summed E-state index contributed by atoms with van der Waals surface area (Å²) in [4.78, 5) is 11.6. The van der Waals surface area contributed by atoms with Gasteiger partial charge in [0.15, 0.2) is 0 Å². The zero-order valence-corrected chi connectivity index (χ0v) is 14.8. The van der Waals surface area contributed by atoms with Crippen molar-refractivity contribution in [1.82, 2.24) is 5.32 Å². The summed E-state index contributed by atoms with van der Waals surface area (Å²) in [6, 6.07) is 9.09. The van der Waals surface area contributed by atoms with E-state index in [1.807, 2.05) is 40.8 Å². The molecule has 0 aromatic heterocycles. The Bertz CT molecular complexity index is 480. The molecule has 1 rings (SSSR count). The second kappa shape index (κ2) is 8.49. The van der Waals surface area contributed by atoms with Crippen molar-refractivity contribution in [3.63, 3.8) is 0 Å². The summed E-state index contributed by atoms with van der Waals surface area (Å²) >= 11 is 1.95. The van der Waals surface area contributed by atoms with E-state index in [-0.39, 0.29) is 42.0 Å². The number of hydrogen-bond donors (Lipinski definition) is 1. The van der Waals surface area contributed by atoms with Gasteiger partial charge in [-0.15, -0.1) is 0 Å². The molecule has 0 heterocycles. The van der Waals surface area contributed by atoms with Crippen molar-refractivity contribution in [3.05, 3.63) is 35.9 Å². The largest absolute Gasteiger partial charge is 1.00 e. The fourth-order valence-corrected chi connectivity index (χ4v) is 2.15. The molecular formula is C10H11INNaO4S. The van der Waals surface area contributed by atoms with Crippen molar-refractivity contribution in [3.8, 4) is 0 Å². The molecule has 0 aliphatic rings. The van der Waals surface area contributed by atoms with Gasteiger partial charge in [-0.3, -0.25) is 4.79 Å². The Balaban J connectivity index is 0.00000289. The molecule has 0 fully saturated rings. The van der Waals surface area contributed by atoms with Gasteiger partial charge in [0, 0.05) is 6.54 Å². The number of alkyl halides is 1. The van der Waals surface area contributed by atoms with Crippen LogP contribution >= 0.6 is 22.6 Å². The number of carbonyl (C=O) groups excluding carboxylic acids is 1. The molecule has 1 atom stereocenters. The van der Waals surface area contributed by atoms with Crippen LogP contribution in [0.4, 0.5) is 0 Å². The van der Waals surface area contributed by atoms with E-state index < -0.39 is 19.8 Å². The second-order valence-electron chi connectivity index (χ2n) is 3.33. The molecule has 94 valence electrons. The maximum atomic E-state index is 11.6. The van der Waals surface area contributed by atoms with Gasteiger partial charge in [-0.2, -0.15) is 0 Å². The molecule has 0 spiro atoms. The van der Waals surface area contributed by atoms with Crippen LogP contribution in [-0.2, 0) is 14.9 Å². The van der Waals surface area contributed by atoms with Gasteiger partial charge in [-0.05, 0) is 5.56 Å². The Morgan fingerprint density at radius 2 is 1.89 bits per heavy atom. The first-order valence-electron chi connectivity index (χ1n) is 4.80. The van der Waals surface area contributed by atoms with Crippen molar-refractivity contribution >= 4 is 38.6 Å². The fourth-order valence-electron chi connectivity index (χ4n) is 1.16. The van der Waals surface area contributed by atoms with E-state index >= 15 is 0 Å². The topological polar surface area (TPSA) is 86.3 Å². The summed E-state index contributed by atoms with van der Waals surface area (Å²) in [5.74, 6) is -0.892. The van der Waals surface area contributed by atoms with Gasteiger partial charge in [0.05, 0.1) is 15.9 Å². The molecule has 1 N–H and O–H groups in total. The standard InChI is InChI=1S/C10H12INO4S.Na/c11-9(8-4-2-1-3-5-8)10(13)12-6-7-17(14,15)16;/h1-5,9H,6-7H2,(H,12,13)(H,14,15,16);/q;+1/p-1. The summed E-state index contributed by atoms with van der Waals surface area (Å²) in [6.07, 6.45) is 0. The Kier molecular flexibility index (Phi) is 8.65. The van der Waals surface area contributed by atoms with Crippen LogP contribution in [0.5, 0.6) is 0 Å². The van der Waals surface area contributed by atoms with Crippen LogP contribution in [0.25, 0.3) is 0 Å². The second-order valence-corrected chi connectivity index (χ2v) is 6.10. The monoisotopic (exact) mass is 391 g/mol. The molecular weight excluding hydrogens is 380 g/mol. The molecule has 1 amide bonds. The molecule has 5 nitrogen and oxygen atoms in total. The quantitative estimate of drug-likeness (QED) is 0.268. The minimum atomic E-state index is -4.28. The van der Waals surface area contributed by atoms with Crippen LogP contribution in [0, 0.1) is 0 Å². The number of amides is 1. The first-order valence-corrected chi connectivity index (χ1v) is 7.63. The summed E-state index contributed by atoms with van der Waals surface area (Å²) in [7, 11) is -4.28. The van der Waals surface area contributed by atoms with Crippen molar-refractivity contribution in [2.75, 3.05) is 12.3 Å². The predicted octanol–water partition coefficient (Wildman–Crippen LogP) is -2.17. The number of rotatable bonds is 5. The first kappa shape index (κ1) is 18.3. The van der Waals surface area contributed by atoms with E-state index in [1.54, 1.807) is 12.1 Å². The Hall–Kier alpha value is 0.330. The van der Waals surface area contributed by atoms with Crippen LogP contribution in [0.2, 0.25) is 0 Å². The Morgan fingerprint density at radius 3 is 2.39 bits per heavy atom.